The fourth-order valence-corrected chi connectivity index (χ4v) is 2.39. The lowest BCUT2D eigenvalue weighted by atomic mass is 10.1. The summed E-state index contributed by atoms with van der Waals surface area (Å²) in [6.07, 6.45) is 0.505. The number of amides is 2. The van der Waals surface area contributed by atoms with Crippen molar-refractivity contribution in [3.8, 4) is 11.5 Å². The number of para-hydroxylation sites is 1. The van der Waals surface area contributed by atoms with E-state index in [9.17, 15) is 14.0 Å². The molecule has 0 aromatic heterocycles. The number of hydrogen-bond acceptors (Lipinski definition) is 4. The van der Waals surface area contributed by atoms with Gasteiger partial charge in [-0.1, -0.05) is 18.2 Å². The Labute approximate surface area is 157 Å². The Morgan fingerprint density at radius 1 is 0.963 bits per heavy atom. The van der Waals surface area contributed by atoms with Gasteiger partial charge in [-0.3, -0.25) is 9.59 Å². The first-order valence-corrected chi connectivity index (χ1v) is 8.77. The summed E-state index contributed by atoms with van der Waals surface area (Å²) in [5.41, 5.74) is 0.891. The monoisotopic (exact) mass is 374 g/mol. The molecule has 2 rings (SSSR count). The van der Waals surface area contributed by atoms with E-state index in [4.69, 9.17) is 9.47 Å². The van der Waals surface area contributed by atoms with Gasteiger partial charge < -0.3 is 20.1 Å². The molecule has 2 amide bonds. The maximum absolute atomic E-state index is 13.5. The molecule has 0 atom stereocenters. The summed E-state index contributed by atoms with van der Waals surface area (Å²) < 4.78 is 24.6. The highest BCUT2D eigenvalue weighted by Crippen LogP contribution is 2.28. The van der Waals surface area contributed by atoms with E-state index in [1.807, 2.05) is 32.0 Å². The van der Waals surface area contributed by atoms with E-state index in [2.05, 4.69) is 10.6 Å². The third-order valence-corrected chi connectivity index (χ3v) is 3.64. The Hall–Kier alpha value is -3.09. The number of carbonyl (C=O) groups excluding carboxylic acids is 2. The molecule has 2 aromatic rings. The average molecular weight is 374 g/mol. The van der Waals surface area contributed by atoms with Crippen molar-refractivity contribution in [2.45, 2.75) is 20.3 Å². The van der Waals surface area contributed by atoms with Crippen LogP contribution in [0.25, 0.3) is 0 Å². The van der Waals surface area contributed by atoms with Crippen molar-refractivity contribution in [2.24, 2.45) is 0 Å². The van der Waals surface area contributed by atoms with Gasteiger partial charge in [0, 0.05) is 6.54 Å². The average Bonchev–Trinajstić information content (AvgIpc) is 2.66. The summed E-state index contributed by atoms with van der Waals surface area (Å²) in [5.74, 6) is -1.04. The molecule has 0 spiro atoms. The molecule has 0 bridgehead atoms. The second-order valence-electron chi connectivity index (χ2n) is 5.59. The molecule has 2 N–H and O–H groups in total. The molecule has 0 aliphatic heterocycles. The SMILES string of the molecule is CCOc1ccc(CCNC(=O)C(=O)Nc2ccccc2F)cc1OCC. The van der Waals surface area contributed by atoms with Gasteiger partial charge in [0.25, 0.3) is 0 Å². The van der Waals surface area contributed by atoms with E-state index in [-0.39, 0.29) is 12.2 Å². The molecule has 0 saturated heterocycles. The minimum Gasteiger partial charge on any atom is -0.490 e. The van der Waals surface area contributed by atoms with Gasteiger partial charge in [-0.15, -0.1) is 0 Å². The molecular weight excluding hydrogens is 351 g/mol. The number of nitrogens with one attached hydrogen (secondary N) is 2. The number of anilines is 1. The molecular formula is C20H23FN2O4. The number of halogens is 1. The quantitative estimate of drug-likeness (QED) is 0.697. The van der Waals surface area contributed by atoms with Crippen molar-refractivity contribution in [3.63, 3.8) is 0 Å². The molecule has 144 valence electrons. The third kappa shape index (κ3) is 5.99. The first kappa shape index (κ1) is 20.2. The van der Waals surface area contributed by atoms with Crippen LogP contribution >= 0.6 is 0 Å². The van der Waals surface area contributed by atoms with Gasteiger partial charge in [0.05, 0.1) is 18.9 Å². The van der Waals surface area contributed by atoms with Crippen LogP contribution in [-0.2, 0) is 16.0 Å². The first-order chi connectivity index (χ1) is 13.0. The van der Waals surface area contributed by atoms with Crippen LogP contribution in [0.4, 0.5) is 10.1 Å². The zero-order valence-corrected chi connectivity index (χ0v) is 15.4. The predicted octanol–water partition coefficient (Wildman–Crippen LogP) is 2.92. The minimum atomic E-state index is -0.915. The Kier molecular flexibility index (Phi) is 7.61. The van der Waals surface area contributed by atoms with Crippen molar-refractivity contribution in [1.82, 2.24) is 5.32 Å². The fourth-order valence-electron chi connectivity index (χ4n) is 2.39. The minimum absolute atomic E-state index is 0.0366. The van der Waals surface area contributed by atoms with Crippen molar-refractivity contribution in [2.75, 3.05) is 25.1 Å². The van der Waals surface area contributed by atoms with E-state index in [0.29, 0.717) is 31.1 Å². The van der Waals surface area contributed by atoms with Crippen LogP contribution in [0, 0.1) is 5.82 Å². The molecule has 0 heterocycles. The molecule has 27 heavy (non-hydrogen) atoms. The van der Waals surface area contributed by atoms with Crippen LogP contribution in [-0.4, -0.2) is 31.6 Å². The number of rotatable bonds is 8. The molecule has 7 heteroatoms. The number of carbonyl (C=O) groups is 2. The summed E-state index contributed by atoms with van der Waals surface area (Å²) in [6, 6.07) is 11.2. The lowest BCUT2D eigenvalue weighted by molar-refractivity contribution is -0.136. The van der Waals surface area contributed by atoms with Crippen molar-refractivity contribution >= 4 is 17.5 Å². The van der Waals surface area contributed by atoms with Gasteiger partial charge in [0.1, 0.15) is 5.82 Å². The topological polar surface area (TPSA) is 76.7 Å². The van der Waals surface area contributed by atoms with Gasteiger partial charge in [-0.2, -0.15) is 0 Å². The highest BCUT2D eigenvalue weighted by Gasteiger charge is 2.15. The molecule has 2 aromatic carbocycles. The lowest BCUT2D eigenvalue weighted by Gasteiger charge is -2.12. The molecule has 0 saturated carbocycles. The van der Waals surface area contributed by atoms with Gasteiger partial charge in [0.15, 0.2) is 11.5 Å². The van der Waals surface area contributed by atoms with Gasteiger partial charge in [0.2, 0.25) is 0 Å². The lowest BCUT2D eigenvalue weighted by Crippen LogP contribution is -2.36. The van der Waals surface area contributed by atoms with E-state index < -0.39 is 17.6 Å². The summed E-state index contributed by atoms with van der Waals surface area (Å²) in [4.78, 5) is 23.7. The summed E-state index contributed by atoms with van der Waals surface area (Å²) in [7, 11) is 0. The van der Waals surface area contributed by atoms with Crippen molar-refractivity contribution in [1.29, 1.82) is 0 Å². The first-order valence-electron chi connectivity index (χ1n) is 8.77. The Bertz CT molecular complexity index is 795. The van der Waals surface area contributed by atoms with Crippen molar-refractivity contribution in [3.05, 3.63) is 53.8 Å². The zero-order valence-electron chi connectivity index (χ0n) is 15.4. The van der Waals surface area contributed by atoms with Crippen LogP contribution in [0.5, 0.6) is 11.5 Å². The normalized spacial score (nSPS) is 10.2. The Morgan fingerprint density at radius 2 is 1.67 bits per heavy atom. The fraction of sp³-hybridized carbons (Fsp3) is 0.300. The number of hydrogen-bond donors (Lipinski definition) is 2. The maximum Gasteiger partial charge on any atom is 0.313 e. The summed E-state index contributed by atoms with van der Waals surface area (Å²) in [6.45, 7) is 5.08. The molecule has 0 fully saturated rings. The highest BCUT2D eigenvalue weighted by atomic mass is 19.1. The van der Waals surface area contributed by atoms with E-state index in [0.717, 1.165) is 5.56 Å². The predicted molar refractivity (Wildman–Crippen MR) is 101 cm³/mol. The standard InChI is InChI=1S/C20H23FN2O4/c1-3-26-17-10-9-14(13-18(17)27-4-2)11-12-22-19(24)20(25)23-16-8-6-5-7-15(16)21/h5-10,13H,3-4,11-12H2,1-2H3,(H,22,24)(H,23,25). The molecule has 0 aliphatic carbocycles. The van der Waals surface area contributed by atoms with Crippen LogP contribution in [0.2, 0.25) is 0 Å². The van der Waals surface area contributed by atoms with E-state index in [1.165, 1.54) is 18.2 Å². The Morgan fingerprint density at radius 3 is 2.37 bits per heavy atom. The second kappa shape index (κ2) is 10.2. The third-order valence-electron chi connectivity index (χ3n) is 3.64. The zero-order chi connectivity index (χ0) is 19.6. The summed E-state index contributed by atoms with van der Waals surface area (Å²) in [5, 5.41) is 4.76. The van der Waals surface area contributed by atoms with Gasteiger partial charge >= 0.3 is 11.8 Å². The van der Waals surface area contributed by atoms with Crippen LogP contribution < -0.4 is 20.1 Å². The summed E-state index contributed by atoms with van der Waals surface area (Å²) >= 11 is 0. The van der Waals surface area contributed by atoms with E-state index >= 15 is 0 Å². The van der Waals surface area contributed by atoms with Gasteiger partial charge in [-0.05, 0) is 50.1 Å². The molecule has 0 unspecified atom stereocenters. The van der Waals surface area contributed by atoms with Crippen molar-refractivity contribution < 1.29 is 23.5 Å². The van der Waals surface area contributed by atoms with Gasteiger partial charge in [-0.25, -0.2) is 4.39 Å². The van der Waals surface area contributed by atoms with Crippen LogP contribution in [0.1, 0.15) is 19.4 Å². The maximum atomic E-state index is 13.5. The second-order valence-corrected chi connectivity index (χ2v) is 5.59. The highest BCUT2D eigenvalue weighted by molar-refractivity contribution is 6.39. The number of ether oxygens (including phenoxy) is 2. The number of benzene rings is 2. The van der Waals surface area contributed by atoms with Crippen LogP contribution in [0.15, 0.2) is 42.5 Å². The smallest absolute Gasteiger partial charge is 0.313 e. The molecule has 0 radical (unpaired) electrons. The molecule has 6 nitrogen and oxygen atoms in total. The Balaban J connectivity index is 1.88. The largest absolute Gasteiger partial charge is 0.490 e. The van der Waals surface area contributed by atoms with E-state index in [1.54, 1.807) is 6.07 Å². The van der Waals surface area contributed by atoms with Crippen LogP contribution in [0.3, 0.4) is 0 Å². The molecule has 0 aliphatic rings.